The van der Waals surface area contributed by atoms with Gasteiger partial charge in [0, 0.05) is 0 Å². The first-order valence-electron chi connectivity index (χ1n) is 8.47. The lowest BCUT2D eigenvalue weighted by atomic mass is 10.1. The van der Waals surface area contributed by atoms with E-state index in [0.29, 0.717) is 0 Å². The summed E-state index contributed by atoms with van der Waals surface area (Å²) in [5, 5.41) is -1.34. The number of carbonyl (C=O) groups excluding carboxylic acids is 2. The molecule has 0 amide bonds. The van der Waals surface area contributed by atoms with Gasteiger partial charge < -0.3 is 18.5 Å². The van der Waals surface area contributed by atoms with Gasteiger partial charge in [-0.2, -0.15) is 13.2 Å². The fourth-order valence-electron chi connectivity index (χ4n) is 2.43. The number of nitrogens with zero attached hydrogens (tertiary/aromatic N) is 1. The fourth-order valence-corrected chi connectivity index (χ4v) is 4.40. The molecule has 1 aromatic rings. The molecule has 14 heteroatoms. The summed E-state index contributed by atoms with van der Waals surface area (Å²) in [6, 6.07) is 0. The molecular weight excluding hydrogens is 444 g/mol. The summed E-state index contributed by atoms with van der Waals surface area (Å²) >= 11 is 0. The van der Waals surface area contributed by atoms with Gasteiger partial charge in [0.05, 0.1) is 32.2 Å². The SMILES string of the molecule is CCOC(=O)c1c(C(F)(F)F)nc(C(F)F)c(C(=O)OC)c1P(=O)(OCC)OCC. The Balaban J connectivity index is 4.35. The Morgan fingerprint density at radius 2 is 1.53 bits per heavy atom. The topological polar surface area (TPSA) is 101 Å². The highest BCUT2D eigenvalue weighted by Gasteiger charge is 2.48. The second-order valence-electron chi connectivity index (χ2n) is 5.29. The number of carbonyl (C=O) groups is 2. The number of rotatable bonds is 9. The third-order valence-corrected chi connectivity index (χ3v) is 5.61. The molecule has 0 fully saturated rings. The van der Waals surface area contributed by atoms with E-state index in [9.17, 15) is 36.1 Å². The smallest absolute Gasteiger partial charge is 0.434 e. The van der Waals surface area contributed by atoms with Gasteiger partial charge in [-0.1, -0.05) is 0 Å². The van der Waals surface area contributed by atoms with Crippen LogP contribution in [0.4, 0.5) is 22.0 Å². The Labute approximate surface area is 168 Å². The maximum Gasteiger partial charge on any atom is 0.434 e. The molecule has 0 N–H and O–H groups in total. The highest BCUT2D eigenvalue weighted by molar-refractivity contribution is 7.62. The van der Waals surface area contributed by atoms with Crippen LogP contribution in [0.25, 0.3) is 0 Å². The normalized spacial score (nSPS) is 12.2. The Hall–Kier alpha value is -2.11. The maximum atomic E-state index is 13.6. The van der Waals surface area contributed by atoms with Crippen molar-refractivity contribution in [2.24, 2.45) is 0 Å². The number of aromatic nitrogens is 1. The molecule has 1 rings (SSSR count). The van der Waals surface area contributed by atoms with E-state index in [2.05, 4.69) is 14.5 Å². The van der Waals surface area contributed by atoms with Gasteiger partial charge in [-0.25, -0.2) is 23.4 Å². The van der Waals surface area contributed by atoms with Crippen LogP contribution >= 0.6 is 7.60 Å². The van der Waals surface area contributed by atoms with Crippen LogP contribution in [0.2, 0.25) is 0 Å². The minimum absolute atomic E-state index is 0.423. The zero-order chi connectivity index (χ0) is 23.3. The molecule has 1 heterocycles. The van der Waals surface area contributed by atoms with Crippen LogP contribution in [0.15, 0.2) is 0 Å². The number of halogens is 5. The molecule has 0 aliphatic heterocycles. The number of hydrogen-bond donors (Lipinski definition) is 0. The molecule has 0 bridgehead atoms. The summed E-state index contributed by atoms with van der Waals surface area (Å²) in [5.41, 5.74) is -6.68. The molecule has 0 saturated heterocycles. The summed E-state index contributed by atoms with van der Waals surface area (Å²) in [6.45, 7) is 2.56. The van der Waals surface area contributed by atoms with E-state index < -0.39 is 79.8 Å². The molecule has 170 valence electrons. The number of pyridine rings is 1. The fraction of sp³-hybridized carbons (Fsp3) is 0.562. The van der Waals surface area contributed by atoms with Gasteiger partial charge in [0.15, 0.2) is 5.69 Å². The largest absolute Gasteiger partial charge is 0.465 e. The second-order valence-corrected chi connectivity index (χ2v) is 7.25. The lowest BCUT2D eigenvalue weighted by molar-refractivity contribution is -0.142. The zero-order valence-electron chi connectivity index (χ0n) is 16.3. The molecule has 1 aromatic heterocycles. The van der Waals surface area contributed by atoms with E-state index in [0.717, 1.165) is 7.11 Å². The van der Waals surface area contributed by atoms with Crippen molar-refractivity contribution >= 4 is 24.8 Å². The lowest BCUT2D eigenvalue weighted by Gasteiger charge is -2.25. The first-order chi connectivity index (χ1) is 13.9. The van der Waals surface area contributed by atoms with E-state index in [4.69, 9.17) is 9.05 Å². The minimum Gasteiger partial charge on any atom is -0.465 e. The van der Waals surface area contributed by atoms with Gasteiger partial charge in [-0.05, 0) is 20.8 Å². The van der Waals surface area contributed by atoms with Crippen LogP contribution in [0.1, 0.15) is 59.3 Å². The summed E-state index contributed by atoms with van der Waals surface area (Å²) in [6.07, 6.45) is -9.19. The Morgan fingerprint density at radius 1 is 1.00 bits per heavy atom. The molecule has 0 atom stereocenters. The van der Waals surface area contributed by atoms with E-state index in [1.54, 1.807) is 0 Å². The Bertz CT molecular complexity index is 834. The van der Waals surface area contributed by atoms with Crippen molar-refractivity contribution in [1.29, 1.82) is 0 Å². The van der Waals surface area contributed by atoms with E-state index in [1.807, 2.05) is 0 Å². The van der Waals surface area contributed by atoms with Crippen LogP contribution in [0.5, 0.6) is 0 Å². The molecule has 0 unspecified atom stereocenters. The molecule has 0 aliphatic rings. The predicted octanol–water partition coefficient (Wildman–Crippen LogP) is 3.89. The number of hydrogen-bond acceptors (Lipinski definition) is 8. The highest BCUT2D eigenvalue weighted by atomic mass is 31.2. The molecule has 0 aliphatic carbocycles. The van der Waals surface area contributed by atoms with Gasteiger partial charge in [-0.3, -0.25) is 4.57 Å². The number of esters is 2. The van der Waals surface area contributed by atoms with Crippen LogP contribution < -0.4 is 5.30 Å². The van der Waals surface area contributed by atoms with Gasteiger partial charge in [-0.15, -0.1) is 0 Å². The van der Waals surface area contributed by atoms with Crippen LogP contribution in [0.3, 0.4) is 0 Å². The quantitative estimate of drug-likeness (QED) is 0.309. The molecule has 0 spiro atoms. The Morgan fingerprint density at radius 3 is 1.90 bits per heavy atom. The van der Waals surface area contributed by atoms with Crippen LogP contribution in [0, 0.1) is 0 Å². The van der Waals surface area contributed by atoms with Crippen molar-refractivity contribution in [2.75, 3.05) is 26.9 Å². The van der Waals surface area contributed by atoms with Crippen molar-refractivity contribution < 1.29 is 54.6 Å². The van der Waals surface area contributed by atoms with Crippen molar-refractivity contribution in [2.45, 2.75) is 33.4 Å². The third-order valence-electron chi connectivity index (χ3n) is 3.42. The van der Waals surface area contributed by atoms with Gasteiger partial charge in [0.25, 0.3) is 6.43 Å². The van der Waals surface area contributed by atoms with Crippen LogP contribution in [-0.4, -0.2) is 43.9 Å². The Kier molecular flexibility index (Phi) is 8.88. The van der Waals surface area contributed by atoms with Crippen molar-refractivity contribution in [3.8, 4) is 0 Å². The van der Waals surface area contributed by atoms with Crippen molar-refractivity contribution in [3.05, 3.63) is 22.5 Å². The summed E-state index contributed by atoms with van der Waals surface area (Å²) < 4.78 is 100. The third kappa shape index (κ3) is 5.32. The first kappa shape index (κ1) is 25.9. The van der Waals surface area contributed by atoms with Gasteiger partial charge in [0.2, 0.25) is 0 Å². The molecule has 0 aromatic carbocycles. The number of methoxy groups -OCH3 is 1. The van der Waals surface area contributed by atoms with Gasteiger partial charge >= 0.3 is 25.7 Å². The van der Waals surface area contributed by atoms with E-state index in [-0.39, 0.29) is 0 Å². The number of ether oxygens (including phenoxy) is 2. The van der Waals surface area contributed by atoms with E-state index in [1.165, 1.54) is 20.8 Å². The van der Waals surface area contributed by atoms with E-state index >= 15 is 0 Å². The van der Waals surface area contributed by atoms with Gasteiger partial charge in [0.1, 0.15) is 16.8 Å². The molecule has 0 radical (unpaired) electrons. The minimum atomic E-state index is -5.46. The first-order valence-corrected chi connectivity index (χ1v) is 10.0. The van der Waals surface area contributed by atoms with Crippen molar-refractivity contribution in [3.63, 3.8) is 0 Å². The van der Waals surface area contributed by atoms with Crippen LogP contribution in [-0.2, 0) is 29.3 Å². The summed E-state index contributed by atoms with van der Waals surface area (Å²) in [4.78, 5) is 27.4. The molecular formula is C16H19F5NO7P. The molecule has 8 nitrogen and oxygen atoms in total. The summed E-state index contributed by atoms with van der Waals surface area (Å²) in [7, 11) is -4.18. The maximum absolute atomic E-state index is 13.6. The summed E-state index contributed by atoms with van der Waals surface area (Å²) in [5.74, 6) is -3.33. The molecule has 30 heavy (non-hydrogen) atoms. The highest BCUT2D eigenvalue weighted by Crippen LogP contribution is 2.51. The average molecular weight is 463 g/mol. The standard InChI is InChI=1S/C16H19F5NO7P/c1-5-27-15(24)9-11(30(25,28-6-2)29-7-3)8(14(23)26-4)10(13(17)18)22-12(9)16(19,20)21/h13H,5-7H2,1-4H3. The van der Waals surface area contributed by atoms with Crippen molar-refractivity contribution in [1.82, 2.24) is 4.98 Å². The number of alkyl halides is 5. The average Bonchev–Trinajstić information content (AvgIpc) is 2.65. The monoisotopic (exact) mass is 463 g/mol. The lowest BCUT2D eigenvalue weighted by Crippen LogP contribution is -2.34. The second kappa shape index (κ2) is 10.3. The predicted molar refractivity (Wildman–Crippen MR) is 92.0 cm³/mol. The molecule has 0 saturated carbocycles. The zero-order valence-corrected chi connectivity index (χ0v) is 17.2.